The zero-order valence-corrected chi connectivity index (χ0v) is 53.6. The van der Waals surface area contributed by atoms with E-state index >= 15 is 0 Å². The highest BCUT2D eigenvalue weighted by atomic mass is 32.1. The number of hydrogen-bond donors (Lipinski definition) is 8. The van der Waals surface area contributed by atoms with E-state index in [9.17, 15) is 58.2 Å². The molecule has 4 rings (SSSR count). The SMILES string of the molecule is CCCCCCN(CC(C=O)(NC(=O)[C@@]1(C)CCCN1C(=O)CNC(=O)CNC(=O)CNC(=O)CNC(=O)COC1/C=C(/C)CCCCC1)[C@@H](C)CC)[C@H](C[C@@H](OC(C)=O)c1nc(C(=O)N[C@@H](Cc2ccc(O)cc2)CC(C)(C)C(=O)O)cs1)C(C)C. The van der Waals surface area contributed by atoms with Crippen molar-refractivity contribution < 1.29 is 67.6 Å². The number of esters is 1. The van der Waals surface area contributed by atoms with Crippen LogP contribution < -0.4 is 31.9 Å². The van der Waals surface area contributed by atoms with Crippen LogP contribution in [0.1, 0.15) is 186 Å². The van der Waals surface area contributed by atoms with Gasteiger partial charge in [-0.3, -0.25) is 48.1 Å². The van der Waals surface area contributed by atoms with Gasteiger partial charge in [0.2, 0.25) is 35.4 Å². The second-order valence-electron chi connectivity index (χ2n) is 24.6. The van der Waals surface area contributed by atoms with Crippen molar-refractivity contribution in [3.63, 3.8) is 0 Å². The van der Waals surface area contributed by atoms with Crippen LogP contribution in [0.15, 0.2) is 41.3 Å². The first-order valence-electron chi connectivity index (χ1n) is 30.8. The number of unbranched alkanes of at least 4 members (excludes halogenated alkanes) is 3. The normalized spacial score (nSPS) is 18.9. The first-order chi connectivity index (χ1) is 41.1. The maximum atomic E-state index is 14.9. The summed E-state index contributed by atoms with van der Waals surface area (Å²) in [6.07, 6.45) is 12.0. The van der Waals surface area contributed by atoms with E-state index in [2.05, 4.69) is 43.7 Å². The average molecular weight is 1240 g/mol. The van der Waals surface area contributed by atoms with Crippen molar-refractivity contribution in [1.82, 2.24) is 46.7 Å². The number of phenols is 1. The Balaban J connectivity index is 1.44. The molecule has 484 valence electrons. The number of carbonyl (C=O) groups is 10. The van der Waals surface area contributed by atoms with Gasteiger partial charge in [0, 0.05) is 43.9 Å². The molecule has 7 atom stereocenters. The van der Waals surface area contributed by atoms with Gasteiger partial charge in [-0.25, -0.2) is 4.98 Å². The number of hydrogen-bond acceptors (Lipinski definition) is 16. The number of aromatic nitrogens is 1. The number of benzene rings is 1. The molecule has 87 heavy (non-hydrogen) atoms. The molecule has 2 unspecified atom stereocenters. The molecule has 0 saturated carbocycles. The van der Waals surface area contributed by atoms with Crippen LogP contribution >= 0.6 is 11.3 Å². The number of aliphatic carboxylic acids is 1. The maximum absolute atomic E-state index is 14.9. The van der Waals surface area contributed by atoms with Crippen molar-refractivity contribution in [1.29, 1.82) is 0 Å². The third kappa shape index (κ3) is 23.3. The van der Waals surface area contributed by atoms with Gasteiger partial charge in [0.05, 0.1) is 37.7 Å². The lowest BCUT2D eigenvalue weighted by Crippen LogP contribution is -2.67. The summed E-state index contributed by atoms with van der Waals surface area (Å²) in [6, 6.07) is 5.41. The van der Waals surface area contributed by atoms with Gasteiger partial charge in [0.1, 0.15) is 40.4 Å². The number of allylic oxidation sites excluding steroid dienone is 1. The number of carbonyl (C=O) groups excluding carboxylic acids is 9. The summed E-state index contributed by atoms with van der Waals surface area (Å²) in [7, 11) is 0. The number of carboxylic acids is 1. The fraction of sp³-hybridized carbons (Fsp3) is 0.667. The summed E-state index contributed by atoms with van der Waals surface area (Å²) in [5.41, 5.74) is -2.09. The zero-order valence-electron chi connectivity index (χ0n) is 52.8. The average Bonchev–Trinajstić information content (AvgIpc) is 1.94. The Labute approximate surface area is 517 Å². The minimum absolute atomic E-state index is 0.0434. The minimum atomic E-state index is -1.49. The first-order valence-corrected chi connectivity index (χ1v) is 31.7. The molecule has 2 aromatic rings. The summed E-state index contributed by atoms with van der Waals surface area (Å²) in [6.45, 7) is 16.7. The van der Waals surface area contributed by atoms with E-state index in [1.807, 2.05) is 40.7 Å². The van der Waals surface area contributed by atoms with Gasteiger partial charge in [0.25, 0.3) is 5.91 Å². The van der Waals surface area contributed by atoms with E-state index in [0.717, 1.165) is 81.0 Å². The zero-order chi connectivity index (χ0) is 64.5. The number of aldehydes is 1. The van der Waals surface area contributed by atoms with E-state index < -0.39 is 107 Å². The molecule has 8 N–H and O–H groups in total. The Kier molecular flexibility index (Phi) is 29.5. The molecule has 1 saturated heterocycles. The van der Waals surface area contributed by atoms with Crippen molar-refractivity contribution >= 4 is 70.9 Å². The summed E-state index contributed by atoms with van der Waals surface area (Å²) in [4.78, 5) is 140. The molecule has 1 aromatic heterocycles. The van der Waals surface area contributed by atoms with Crippen LogP contribution in [0.25, 0.3) is 0 Å². The van der Waals surface area contributed by atoms with Crippen LogP contribution in [-0.4, -0.2) is 166 Å². The predicted octanol–water partition coefficient (Wildman–Crippen LogP) is 5.83. The smallest absolute Gasteiger partial charge is 0.309 e. The van der Waals surface area contributed by atoms with Crippen molar-refractivity contribution in [2.45, 2.75) is 201 Å². The summed E-state index contributed by atoms with van der Waals surface area (Å²) in [5.74, 6) is -6.25. The van der Waals surface area contributed by atoms with Crippen LogP contribution in [0.5, 0.6) is 5.75 Å². The van der Waals surface area contributed by atoms with Crippen molar-refractivity contribution in [3.05, 3.63) is 57.6 Å². The Morgan fingerprint density at radius 1 is 0.885 bits per heavy atom. The van der Waals surface area contributed by atoms with Gasteiger partial charge in [0.15, 0.2) is 6.10 Å². The number of rotatable bonds is 36. The summed E-state index contributed by atoms with van der Waals surface area (Å²) in [5, 5.41) is 37.6. The molecule has 1 aliphatic heterocycles. The molecule has 1 aromatic carbocycles. The van der Waals surface area contributed by atoms with E-state index in [1.165, 1.54) is 29.5 Å². The first kappa shape index (κ1) is 72.7. The lowest BCUT2D eigenvalue weighted by molar-refractivity contribution is -0.149. The highest BCUT2D eigenvalue weighted by Gasteiger charge is 2.50. The molecule has 24 heteroatoms. The quantitative estimate of drug-likeness (QED) is 0.0172. The van der Waals surface area contributed by atoms with Crippen molar-refractivity contribution in [2.24, 2.45) is 17.3 Å². The topological polar surface area (TPSA) is 321 Å². The third-order valence-corrected chi connectivity index (χ3v) is 17.5. The van der Waals surface area contributed by atoms with Gasteiger partial charge in [-0.15, -0.1) is 11.3 Å². The number of carboxylic acid groups (broad SMARTS) is 1. The highest BCUT2D eigenvalue weighted by Crippen LogP contribution is 2.35. The lowest BCUT2D eigenvalue weighted by Gasteiger charge is -2.45. The van der Waals surface area contributed by atoms with Crippen molar-refractivity contribution in [3.8, 4) is 5.75 Å². The molecule has 1 aliphatic carbocycles. The Morgan fingerprint density at radius 2 is 1.53 bits per heavy atom. The van der Waals surface area contributed by atoms with Gasteiger partial charge in [-0.1, -0.05) is 96.9 Å². The largest absolute Gasteiger partial charge is 0.508 e. The number of ether oxygens (including phenoxy) is 2. The van der Waals surface area contributed by atoms with Gasteiger partial charge in [-0.05, 0) is 115 Å². The van der Waals surface area contributed by atoms with Gasteiger partial charge in [-0.2, -0.15) is 0 Å². The van der Waals surface area contributed by atoms with E-state index in [0.29, 0.717) is 24.4 Å². The molecule has 0 spiro atoms. The fourth-order valence-electron chi connectivity index (χ4n) is 11.1. The summed E-state index contributed by atoms with van der Waals surface area (Å²) < 4.78 is 11.7. The molecule has 2 heterocycles. The second kappa shape index (κ2) is 35.3. The maximum Gasteiger partial charge on any atom is 0.309 e. The number of amides is 7. The highest BCUT2D eigenvalue weighted by molar-refractivity contribution is 7.09. The molecule has 7 amide bonds. The Morgan fingerprint density at radius 3 is 2.13 bits per heavy atom. The van der Waals surface area contributed by atoms with Gasteiger partial charge >= 0.3 is 11.9 Å². The Bertz CT molecular complexity index is 2680. The number of phenolic OH excluding ortho intramolecular Hbond substituents is 1. The second-order valence-corrected chi connectivity index (χ2v) is 25.5. The third-order valence-electron chi connectivity index (χ3n) is 16.6. The van der Waals surface area contributed by atoms with Gasteiger partial charge < -0.3 is 61.3 Å². The molecular formula is C63H97N9O14S. The standard InChI is InChI=1S/C63H97N9O14S/c1-11-13-14-18-27-71(50(41(3)4)31-51(86-44(7)74)58-69-49(38-87-58)57(81)68-46(32-61(8,9)60(83)84)30-45-22-24-47(75)25-23-45)39-63(40-73,43(6)12-2)70-59(82)62(10)26-19-28-72(62)56(80)36-67-54(78)34-65-52(76)33-64-53(77)35-66-55(79)37-85-48-21-17-15-16-20-42(5)29-48/h22-25,29,38,40-41,43,46,48,50-51,75H,11-21,26-28,30-37,39H2,1-10H3,(H,64,77)(H,65,76)(H,66,79)(H,67,78)(H,68,81)(H,70,82)(H,83,84)/b42-29-/t43-,46-,48?,50+,51+,62+,63?/m0/s1. The van der Waals surface area contributed by atoms with E-state index in [-0.39, 0.29) is 81.4 Å². The minimum Gasteiger partial charge on any atom is -0.508 e. The number of likely N-dealkylation sites (tertiary alicyclic amines) is 1. The predicted molar refractivity (Wildman–Crippen MR) is 329 cm³/mol. The molecule has 0 bridgehead atoms. The fourth-order valence-corrected chi connectivity index (χ4v) is 11.9. The van der Waals surface area contributed by atoms with Crippen LogP contribution in [0.4, 0.5) is 0 Å². The van der Waals surface area contributed by atoms with Crippen LogP contribution in [0.2, 0.25) is 0 Å². The molecule has 2 aliphatic rings. The molecule has 1 fully saturated rings. The van der Waals surface area contributed by atoms with Crippen LogP contribution in [0, 0.1) is 17.3 Å². The van der Waals surface area contributed by atoms with Crippen LogP contribution in [0.3, 0.4) is 0 Å². The number of aromatic hydroxyl groups is 1. The molecular weight excluding hydrogens is 1140 g/mol. The lowest BCUT2D eigenvalue weighted by atomic mass is 9.81. The van der Waals surface area contributed by atoms with Crippen LogP contribution in [-0.2, 0) is 59.0 Å². The van der Waals surface area contributed by atoms with E-state index in [4.69, 9.17) is 14.5 Å². The Hall–Kier alpha value is -6.79. The number of thiazole rings is 1. The number of nitrogens with zero attached hydrogens (tertiary/aromatic N) is 3. The monoisotopic (exact) mass is 1240 g/mol. The number of nitrogens with one attached hydrogen (secondary N) is 6. The van der Waals surface area contributed by atoms with Crippen molar-refractivity contribution in [2.75, 3.05) is 52.4 Å². The molecule has 0 radical (unpaired) electrons. The van der Waals surface area contributed by atoms with E-state index in [1.54, 1.807) is 38.3 Å². The summed E-state index contributed by atoms with van der Waals surface area (Å²) >= 11 is 1.14. The molecule has 23 nitrogen and oxygen atoms in total.